The number of carbonyl (C=O) groups excluding carboxylic acids is 1. The first-order chi connectivity index (χ1) is 15.9. The van der Waals surface area contributed by atoms with E-state index in [9.17, 15) is 13.6 Å². The molecule has 2 atom stereocenters. The Hall–Kier alpha value is -3.29. The van der Waals surface area contributed by atoms with E-state index in [1.807, 2.05) is 24.5 Å². The number of halogens is 2. The first-order valence-electron chi connectivity index (χ1n) is 11.3. The number of ether oxygens (including phenoxy) is 1. The molecule has 2 bridgehead atoms. The Morgan fingerprint density at radius 2 is 1.94 bits per heavy atom. The van der Waals surface area contributed by atoms with Crippen molar-refractivity contribution in [2.75, 3.05) is 7.11 Å². The van der Waals surface area contributed by atoms with Gasteiger partial charge in [-0.2, -0.15) is 5.10 Å². The molecule has 3 aromatic rings. The van der Waals surface area contributed by atoms with E-state index in [2.05, 4.69) is 14.7 Å². The molecule has 33 heavy (non-hydrogen) atoms. The van der Waals surface area contributed by atoms with Crippen molar-refractivity contribution in [2.45, 2.75) is 38.3 Å². The number of hydrogen-bond donors (Lipinski definition) is 0. The van der Waals surface area contributed by atoms with Gasteiger partial charge in [0, 0.05) is 37.2 Å². The van der Waals surface area contributed by atoms with Gasteiger partial charge in [0.05, 0.1) is 30.5 Å². The van der Waals surface area contributed by atoms with Crippen LogP contribution in [0, 0.1) is 28.9 Å². The molecule has 0 N–H and O–H groups in total. The van der Waals surface area contributed by atoms with Crippen molar-refractivity contribution in [3.63, 3.8) is 0 Å². The molecule has 7 rings (SSSR count). The fourth-order valence-corrected chi connectivity index (χ4v) is 6.12. The number of carbonyl (C=O) groups is 1. The molecule has 0 radical (unpaired) electrons. The maximum Gasteiger partial charge on any atom is 0.246 e. The first-order valence-corrected chi connectivity index (χ1v) is 11.3. The monoisotopic (exact) mass is 450 g/mol. The van der Waals surface area contributed by atoms with Crippen molar-refractivity contribution in [1.29, 1.82) is 0 Å². The third-order valence-corrected chi connectivity index (χ3v) is 7.59. The summed E-state index contributed by atoms with van der Waals surface area (Å²) in [6.45, 7) is 0.817. The van der Waals surface area contributed by atoms with E-state index in [0.29, 0.717) is 17.9 Å². The molecule has 0 spiro atoms. The second-order valence-corrected chi connectivity index (χ2v) is 9.64. The molecule has 3 saturated carbocycles. The summed E-state index contributed by atoms with van der Waals surface area (Å²) in [4.78, 5) is 18.0. The highest BCUT2D eigenvalue weighted by Gasteiger charge is 2.59. The molecule has 3 aliphatic carbocycles. The van der Waals surface area contributed by atoms with Gasteiger partial charge in [0.2, 0.25) is 5.91 Å². The largest absolute Gasteiger partial charge is 0.497 e. The number of hydrogen-bond acceptors (Lipinski definition) is 4. The van der Waals surface area contributed by atoms with Gasteiger partial charge < -0.3 is 9.30 Å². The van der Waals surface area contributed by atoms with Crippen LogP contribution in [0.15, 0.2) is 47.8 Å². The lowest BCUT2D eigenvalue weighted by Gasteiger charge is -2.39. The lowest BCUT2D eigenvalue weighted by molar-refractivity contribution is -0.138. The number of methoxy groups -OCH3 is 1. The first kappa shape index (κ1) is 20.3. The van der Waals surface area contributed by atoms with Crippen molar-refractivity contribution in [1.82, 2.24) is 14.6 Å². The van der Waals surface area contributed by atoms with Crippen LogP contribution in [-0.2, 0) is 11.3 Å². The zero-order chi connectivity index (χ0) is 22.7. The predicted molar refractivity (Wildman–Crippen MR) is 119 cm³/mol. The van der Waals surface area contributed by atoms with E-state index in [0.717, 1.165) is 48.7 Å². The minimum absolute atomic E-state index is 0.0389. The van der Waals surface area contributed by atoms with Crippen molar-refractivity contribution >= 4 is 23.2 Å². The van der Waals surface area contributed by atoms with Crippen LogP contribution in [0.4, 0.5) is 8.78 Å². The molecular weight excluding hydrogens is 426 g/mol. The topological polar surface area (TPSA) is 59.7 Å². The van der Waals surface area contributed by atoms with Crippen molar-refractivity contribution in [2.24, 2.45) is 22.4 Å². The highest BCUT2D eigenvalue weighted by Crippen LogP contribution is 2.63. The summed E-state index contributed by atoms with van der Waals surface area (Å²) in [5, 5.41) is 5.74. The maximum absolute atomic E-state index is 13.8. The molecule has 3 fully saturated rings. The van der Waals surface area contributed by atoms with Crippen LogP contribution in [0.2, 0.25) is 0 Å². The Morgan fingerprint density at radius 1 is 1.15 bits per heavy atom. The fourth-order valence-electron chi connectivity index (χ4n) is 6.12. The van der Waals surface area contributed by atoms with Gasteiger partial charge in [-0.25, -0.2) is 18.8 Å². The summed E-state index contributed by atoms with van der Waals surface area (Å²) >= 11 is 0. The minimum atomic E-state index is -0.642. The molecule has 1 aliphatic heterocycles. The van der Waals surface area contributed by atoms with E-state index in [1.165, 1.54) is 17.1 Å². The number of fused-ring (bicyclic) bond motifs is 2. The van der Waals surface area contributed by atoms with Gasteiger partial charge in [0.25, 0.3) is 0 Å². The van der Waals surface area contributed by atoms with Gasteiger partial charge in [-0.3, -0.25) is 4.79 Å². The summed E-state index contributed by atoms with van der Waals surface area (Å²) < 4.78 is 35.0. The summed E-state index contributed by atoms with van der Waals surface area (Å²) in [7, 11) is 1.64. The Bertz CT molecular complexity index is 1260. The molecule has 8 heteroatoms. The average molecular weight is 450 g/mol. The van der Waals surface area contributed by atoms with E-state index in [-0.39, 0.29) is 17.2 Å². The molecule has 1 aromatic heterocycles. The smallest absolute Gasteiger partial charge is 0.246 e. The minimum Gasteiger partial charge on any atom is -0.497 e. The predicted octanol–water partition coefficient (Wildman–Crippen LogP) is 4.70. The Balaban J connectivity index is 1.19. The van der Waals surface area contributed by atoms with E-state index in [4.69, 9.17) is 4.74 Å². The SMILES string of the molecule is COc1ccc2c(c1)ncn2CC12CC(C1)C(C(=O)N1N=CCC1c1cc(F)cc(F)c1)C2. The van der Waals surface area contributed by atoms with Crippen LogP contribution in [0.1, 0.15) is 37.3 Å². The van der Waals surface area contributed by atoms with Gasteiger partial charge in [-0.15, -0.1) is 0 Å². The third-order valence-electron chi connectivity index (χ3n) is 7.59. The maximum atomic E-state index is 13.8. The quantitative estimate of drug-likeness (QED) is 0.566. The Labute approximate surface area is 189 Å². The van der Waals surface area contributed by atoms with Crippen LogP contribution in [0.25, 0.3) is 11.0 Å². The summed E-state index contributed by atoms with van der Waals surface area (Å²) in [5.41, 5.74) is 2.46. The Kier molecular flexibility index (Phi) is 4.54. The van der Waals surface area contributed by atoms with Crippen molar-refractivity contribution < 1.29 is 18.3 Å². The van der Waals surface area contributed by atoms with Crippen molar-refractivity contribution in [3.05, 3.63) is 59.9 Å². The zero-order valence-corrected chi connectivity index (χ0v) is 18.2. The molecule has 0 saturated heterocycles. The van der Waals surface area contributed by atoms with Crippen LogP contribution >= 0.6 is 0 Å². The van der Waals surface area contributed by atoms with Gasteiger partial charge >= 0.3 is 0 Å². The number of nitrogens with zero attached hydrogens (tertiary/aromatic N) is 4. The van der Waals surface area contributed by atoms with Crippen LogP contribution in [-0.4, -0.2) is 33.8 Å². The number of rotatable bonds is 5. The number of imidazole rings is 1. The zero-order valence-electron chi connectivity index (χ0n) is 18.2. The molecular formula is C25H24F2N4O2. The lowest BCUT2D eigenvalue weighted by atomic mass is 9.69. The summed E-state index contributed by atoms with van der Waals surface area (Å²) in [6.07, 6.45) is 6.77. The van der Waals surface area contributed by atoms with Gasteiger partial charge in [-0.05, 0) is 60.4 Å². The van der Waals surface area contributed by atoms with Gasteiger partial charge in [-0.1, -0.05) is 0 Å². The second-order valence-electron chi connectivity index (χ2n) is 9.64. The Morgan fingerprint density at radius 3 is 2.70 bits per heavy atom. The molecule has 2 heterocycles. The third kappa shape index (κ3) is 3.31. The fraction of sp³-hybridized carbons (Fsp3) is 0.400. The summed E-state index contributed by atoms with van der Waals surface area (Å²) in [5.74, 6) is -0.333. The van der Waals surface area contributed by atoms with Crippen LogP contribution < -0.4 is 4.74 Å². The number of aromatic nitrogens is 2. The number of hydrazone groups is 1. The van der Waals surface area contributed by atoms with E-state index < -0.39 is 17.7 Å². The van der Waals surface area contributed by atoms with Gasteiger partial charge in [0.1, 0.15) is 17.4 Å². The molecule has 4 aliphatic rings. The number of benzene rings is 2. The highest BCUT2D eigenvalue weighted by atomic mass is 19.1. The molecule has 2 unspecified atom stereocenters. The lowest BCUT2D eigenvalue weighted by Crippen LogP contribution is -2.35. The second kappa shape index (κ2) is 7.37. The highest BCUT2D eigenvalue weighted by molar-refractivity contribution is 5.83. The molecule has 2 aromatic carbocycles. The van der Waals surface area contributed by atoms with E-state index >= 15 is 0 Å². The normalized spacial score (nSPS) is 27.8. The average Bonchev–Trinajstić information content (AvgIpc) is 3.54. The van der Waals surface area contributed by atoms with Gasteiger partial charge in [0.15, 0.2) is 0 Å². The molecule has 170 valence electrons. The van der Waals surface area contributed by atoms with Crippen LogP contribution in [0.5, 0.6) is 5.75 Å². The van der Waals surface area contributed by atoms with Crippen molar-refractivity contribution in [3.8, 4) is 5.75 Å². The molecule has 1 amide bonds. The standard InChI is InChI=1S/C25H24F2N4O2/c1-33-19-2-3-23-21(9-19)28-14-30(23)13-25-10-16(11-25)20(12-25)24(32)31-22(4-5-29-31)15-6-17(26)8-18(27)7-15/h2-3,5-9,14,16,20,22H,4,10-13H2,1H3. The molecule has 6 nitrogen and oxygen atoms in total. The number of amides is 1. The van der Waals surface area contributed by atoms with Crippen LogP contribution in [0.3, 0.4) is 0 Å². The van der Waals surface area contributed by atoms with E-state index in [1.54, 1.807) is 13.3 Å². The summed E-state index contributed by atoms with van der Waals surface area (Å²) in [6, 6.07) is 8.85.